The van der Waals surface area contributed by atoms with E-state index in [2.05, 4.69) is 39.3 Å². The van der Waals surface area contributed by atoms with E-state index in [4.69, 9.17) is 5.73 Å². The summed E-state index contributed by atoms with van der Waals surface area (Å²) in [5.41, 5.74) is 9.02. The minimum absolute atomic E-state index is 0.485. The molecule has 0 atom stereocenters. The van der Waals surface area contributed by atoms with Gasteiger partial charge in [-0.1, -0.05) is 6.07 Å². The summed E-state index contributed by atoms with van der Waals surface area (Å²) in [7, 11) is 0. The lowest BCUT2D eigenvalue weighted by atomic mass is 10.2. The van der Waals surface area contributed by atoms with Gasteiger partial charge in [0, 0.05) is 6.04 Å². The number of aromatic amines is 1. The molecule has 0 amide bonds. The number of aliphatic imine (C=N–C) groups is 1. The van der Waals surface area contributed by atoms with E-state index in [9.17, 15) is 0 Å². The highest BCUT2D eigenvalue weighted by Crippen LogP contribution is 2.18. The summed E-state index contributed by atoms with van der Waals surface area (Å²) < 4.78 is 0. The number of H-pyrrole nitrogens is 1. The monoisotopic (exact) mass is 243 g/mol. The molecule has 0 unspecified atom stereocenters. The number of benzene rings is 1. The van der Waals surface area contributed by atoms with E-state index in [-0.39, 0.29) is 0 Å². The molecule has 1 heterocycles. The Hall–Kier alpha value is -2.04. The molecule has 0 radical (unpaired) electrons. The highest BCUT2D eigenvalue weighted by molar-refractivity contribution is 5.78. The van der Waals surface area contributed by atoms with Gasteiger partial charge in [0.2, 0.25) is 0 Å². The van der Waals surface area contributed by atoms with Gasteiger partial charge in [0.25, 0.3) is 0 Å². The Bertz CT molecular complexity index is 594. The number of aromatic nitrogens is 2. The van der Waals surface area contributed by atoms with Crippen molar-refractivity contribution in [2.75, 3.05) is 0 Å². The summed E-state index contributed by atoms with van der Waals surface area (Å²) >= 11 is 0. The van der Waals surface area contributed by atoms with Gasteiger partial charge in [0.15, 0.2) is 5.96 Å². The maximum absolute atomic E-state index is 5.78. The number of guanidine groups is 1. The van der Waals surface area contributed by atoms with Gasteiger partial charge in [-0.15, -0.1) is 0 Å². The first kappa shape index (κ1) is 11.1. The van der Waals surface area contributed by atoms with Gasteiger partial charge in [-0.3, -0.25) is 0 Å². The number of fused-ring (bicyclic) bond motifs is 1. The summed E-state index contributed by atoms with van der Waals surface area (Å²) in [6, 6.07) is 6.69. The fourth-order valence-electron chi connectivity index (χ4n) is 1.89. The van der Waals surface area contributed by atoms with Crippen molar-refractivity contribution >= 4 is 17.0 Å². The zero-order valence-corrected chi connectivity index (χ0v) is 10.4. The third-order valence-electron chi connectivity index (χ3n) is 3.01. The Labute approximate surface area is 106 Å². The first-order valence-electron chi connectivity index (χ1n) is 6.22. The van der Waals surface area contributed by atoms with Crippen LogP contribution in [0.1, 0.15) is 24.2 Å². The largest absolute Gasteiger partial charge is 0.370 e. The van der Waals surface area contributed by atoms with E-state index < -0.39 is 0 Å². The molecule has 5 heteroatoms. The normalized spacial score (nSPS) is 16.2. The van der Waals surface area contributed by atoms with E-state index >= 15 is 0 Å². The first-order chi connectivity index (χ1) is 8.70. The van der Waals surface area contributed by atoms with E-state index in [1.165, 1.54) is 18.4 Å². The molecule has 1 aromatic carbocycles. The number of hydrogen-bond acceptors (Lipinski definition) is 2. The van der Waals surface area contributed by atoms with Crippen LogP contribution < -0.4 is 11.1 Å². The number of nitrogens with two attached hydrogens (primary N) is 1. The van der Waals surface area contributed by atoms with Crippen molar-refractivity contribution in [3.05, 3.63) is 29.6 Å². The molecule has 0 bridgehead atoms. The summed E-state index contributed by atoms with van der Waals surface area (Å²) in [6.45, 7) is 2.55. The van der Waals surface area contributed by atoms with Crippen molar-refractivity contribution in [3.63, 3.8) is 0 Å². The number of nitrogens with zero attached hydrogens (tertiary/aromatic N) is 2. The molecule has 18 heavy (non-hydrogen) atoms. The van der Waals surface area contributed by atoms with Crippen molar-refractivity contribution in [1.82, 2.24) is 15.3 Å². The van der Waals surface area contributed by atoms with Gasteiger partial charge in [0.1, 0.15) is 12.4 Å². The summed E-state index contributed by atoms with van der Waals surface area (Å²) in [5, 5.41) is 3.15. The fourth-order valence-corrected chi connectivity index (χ4v) is 1.89. The fraction of sp³-hybridized carbons (Fsp3) is 0.385. The number of hydrogen-bond donors (Lipinski definition) is 3. The minimum atomic E-state index is 0.485. The Balaban J connectivity index is 1.73. The van der Waals surface area contributed by atoms with Crippen LogP contribution in [0.15, 0.2) is 23.2 Å². The molecule has 94 valence electrons. The van der Waals surface area contributed by atoms with Crippen LogP contribution in [0.3, 0.4) is 0 Å². The molecule has 4 N–H and O–H groups in total. The molecular weight excluding hydrogens is 226 g/mol. The van der Waals surface area contributed by atoms with Crippen LogP contribution in [0.4, 0.5) is 0 Å². The topological polar surface area (TPSA) is 79.1 Å². The standard InChI is InChI=1S/C13H17N5/c1-8-2-5-10-11(6-8)18-12(17-10)7-15-13(14)16-9-3-4-9/h2,5-6,9H,3-4,7H2,1H3,(H,17,18)(H3,14,15,16). The van der Waals surface area contributed by atoms with E-state index in [1.807, 2.05) is 6.07 Å². The zero-order chi connectivity index (χ0) is 12.5. The van der Waals surface area contributed by atoms with Crippen LogP contribution >= 0.6 is 0 Å². The predicted octanol–water partition coefficient (Wildman–Crippen LogP) is 1.44. The smallest absolute Gasteiger partial charge is 0.189 e. The molecule has 0 aliphatic heterocycles. The van der Waals surface area contributed by atoms with Gasteiger partial charge < -0.3 is 16.0 Å². The molecule has 1 aromatic heterocycles. The van der Waals surface area contributed by atoms with Gasteiger partial charge >= 0.3 is 0 Å². The van der Waals surface area contributed by atoms with Gasteiger partial charge in [0.05, 0.1) is 11.0 Å². The average molecular weight is 243 g/mol. The lowest BCUT2D eigenvalue weighted by molar-refractivity contribution is 0.866. The van der Waals surface area contributed by atoms with Crippen molar-refractivity contribution in [2.45, 2.75) is 32.4 Å². The molecular formula is C13H17N5. The summed E-state index contributed by atoms with van der Waals surface area (Å²) in [6.07, 6.45) is 2.39. The van der Waals surface area contributed by atoms with Crippen molar-refractivity contribution in [2.24, 2.45) is 10.7 Å². The molecule has 2 aromatic rings. The molecule has 5 nitrogen and oxygen atoms in total. The summed E-state index contributed by atoms with van der Waals surface area (Å²) in [4.78, 5) is 12.0. The van der Waals surface area contributed by atoms with Crippen molar-refractivity contribution in [3.8, 4) is 0 Å². The van der Waals surface area contributed by atoms with Crippen LogP contribution in [0, 0.1) is 6.92 Å². The third kappa shape index (κ3) is 2.45. The molecule has 1 fully saturated rings. The molecule has 1 saturated carbocycles. The maximum atomic E-state index is 5.78. The second-order valence-electron chi connectivity index (χ2n) is 4.82. The highest BCUT2D eigenvalue weighted by atomic mass is 15.1. The van der Waals surface area contributed by atoms with E-state index in [1.54, 1.807) is 0 Å². The molecule has 3 rings (SSSR count). The first-order valence-corrected chi connectivity index (χ1v) is 6.22. The number of nitrogens with one attached hydrogen (secondary N) is 2. The van der Waals surface area contributed by atoms with Gasteiger partial charge in [-0.05, 0) is 37.5 Å². The molecule has 0 spiro atoms. The van der Waals surface area contributed by atoms with E-state index in [0.29, 0.717) is 18.5 Å². The predicted molar refractivity (Wildman–Crippen MR) is 72.3 cm³/mol. The van der Waals surface area contributed by atoms with Crippen LogP contribution in [0.25, 0.3) is 11.0 Å². The zero-order valence-electron chi connectivity index (χ0n) is 10.4. The van der Waals surface area contributed by atoms with E-state index in [0.717, 1.165) is 16.9 Å². The maximum Gasteiger partial charge on any atom is 0.189 e. The van der Waals surface area contributed by atoms with Crippen LogP contribution in [-0.4, -0.2) is 22.0 Å². The van der Waals surface area contributed by atoms with Crippen LogP contribution in [0.2, 0.25) is 0 Å². The molecule has 1 aliphatic rings. The molecule has 0 saturated heterocycles. The Kier molecular flexibility index (Phi) is 2.66. The Morgan fingerprint density at radius 2 is 2.39 bits per heavy atom. The van der Waals surface area contributed by atoms with Crippen LogP contribution in [-0.2, 0) is 6.54 Å². The third-order valence-corrected chi connectivity index (χ3v) is 3.01. The minimum Gasteiger partial charge on any atom is -0.370 e. The van der Waals surface area contributed by atoms with Crippen molar-refractivity contribution in [1.29, 1.82) is 0 Å². The number of imidazole rings is 1. The van der Waals surface area contributed by atoms with Crippen molar-refractivity contribution < 1.29 is 0 Å². The lowest BCUT2D eigenvalue weighted by Gasteiger charge is -2.01. The molecule has 1 aliphatic carbocycles. The Morgan fingerprint density at radius 1 is 1.56 bits per heavy atom. The quantitative estimate of drug-likeness (QED) is 0.563. The highest BCUT2D eigenvalue weighted by Gasteiger charge is 2.21. The lowest BCUT2D eigenvalue weighted by Crippen LogP contribution is -2.33. The Morgan fingerprint density at radius 3 is 3.17 bits per heavy atom. The van der Waals surface area contributed by atoms with Gasteiger partial charge in [-0.25, -0.2) is 9.98 Å². The number of aryl methyl sites for hydroxylation is 1. The second kappa shape index (κ2) is 4.33. The second-order valence-corrected chi connectivity index (χ2v) is 4.82. The van der Waals surface area contributed by atoms with Crippen LogP contribution in [0.5, 0.6) is 0 Å². The average Bonchev–Trinajstić information content (AvgIpc) is 3.04. The SMILES string of the molecule is Cc1ccc2nc(CN=C(N)NC3CC3)[nH]c2c1. The summed E-state index contributed by atoms with van der Waals surface area (Å²) in [5.74, 6) is 1.35. The van der Waals surface area contributed by atoms with Gasteiger partial charge in [-0.2, -0.15) is 0 Å². The number of rotatable bonds is 3.